The van der Waals surface area contributed by atoms with Crippen molar-refractivity contribution in [1.82, 2.24) is 15.5 Å². The van der Waals surface area contributed by atoms with Crippen molar-refractivity contribution in [3.05, 3.63) is 59.7 Å². The normalized spacial score (nSPS) is 14.6. The topological polar surface area (TPSA) is 108 Å². The van der Waals surface area contributed by atoms with Gasteiger partial charge in [0.1, 0.15) is 12.6 Å². The van der Waals surface area contributed by atoms with Gasteiger partial charge in [0.15, 0.2) is 0 Å². The summed E-state index contributed by atoms with van der Waals surface area (Å²) < 4.78 is 5.64. The Balaban J connectivity index is 1.64. The standard InChI is InChI=1S/C27H35N3O5/c1-27(2,3)23(14-24(31)28-22(25(32)33)15-30(4)5)29-26(34)35-16-21-19-12-8-6-10-17(19)18-11-7-9-13-20(18)21/h6-13,21-23H,14-16H2,1-5H3,(H,28,31)(H,29,34)(H,32,33). The van der Waals surface area contributed by atoms with Crippen LogP contribution < -0.4 is 10.6 Å². The highest BCUT2D eigenvalue weighted by Gasteiger charge is 2.32. The number of carbonyl (C=O) groups excluding carboxylic acids is 2. The number of carboxylic acids is 1. The fourth-order valence-electron chi connectivity index (χ4n) is 4.35. The Morgan fingerprint density at radius 2 is 1.51 bits per heavy atom. The van der Waals surface area contributed by atoms with Gasteiger partial charge < -0.3 is 25.4 Å². The van der Waals surface area contributed by atoms with Crippen molar-refractivity contribution in [3.8, 4) is 11.1 Å². The number of nitrogens with zero attached hydrogens (tertiary/aromatic N) is 1. The molecule has 1 aliphatic rings. The number of nitrogens with one attached hydrogen (secondary N) is 2. The first kappa shape index (κ1) is 26.2. The van der Waals surface area contributed by atoms with E-state index in [-0.39, 0.29) is 25.5 Å². The first-order valence-corrected chi connectivity index (χ1v) is 11.8. The number of hydrogen-bond acceptors (Lipinski definition) is 5. The molecular formula is C27H35N3O5. The van der Waals surface area contributed by atoms with Crippen LogP contribution in [0, 0.1) is 5.41 Å². The van der Waals surface area contributed by atoms with Crippen LogP contribution in [0.3, 0.4) is 0 Å². The third-order valence-corrected chi connectivity index (χ3v) is 6.25. The summed E-state index contributed by atoms with van der Waals surface area (Å²) >= 11 is 0. The minimum atomic E-state index is -1.11. The fourth-order valence-corrected chi connectivity index (χ4v) is 4.35. The largest absolute Gasteiger partial charge is 0.480 e. The van der Waals surface area contributed by atoms with Gasteiger partial charge >= 0.3 is 12.1 Å². The molecule has 2 aromatic rings. The molecular weight excluding hydrogens is 446 g/mol. The summed E-state index contributed by atoms with van der Waals surface area (Å²) in [6.07, 6.45) is -0.673. The molecule has 2 amide bonds. The lowest BCUT2D eigenvalue weighted by molar-refractivity contribution is -0.142. The molecule has 0 saturated carbocycles. The lowest BCUT2D eigenvalue weighted by atomic mass is 9.84. The molecule has 1 aliphatic carbocycles. The maximum Gasteiger partial charge on any atom is 0.407 e. The monoisotopic (exact) mass is 481 g/mol. The molecule has 35 heavy (non-hydrogen) atoms. The first-order chi connectivity index (χ1) is 16.5. The van der Waals surface area contributed by atoms with Crippen molar-refractivity contribution in [1.29, 1.82) is 0 Å². The zero-order chi connectivity index (χ0) is 25.8. The van der Waals surface area contributed by atoms with E-state index in [0.717, 1.165) is 22.3 Å². The average molecular weight is 482 g/mol. The van der Waals surface area contributed by atoms with E-state index in [1.54, 1.807) is 19.0 Å². The van der Waals surface area contributed by atoms with Crippen LogP contribution in [0.25, 0.3) is 11.1 Å². The molecule has 188 valence electrons. The van der Waals surface area contributed by atoms with Gasteiger partial charge in [-0.3, -0.25) is 4.79 Å². The second kappa shape index (κ2) is 10.9. The van der Waals surface area contributed by atoms with Crippen LogP contribution >= 0.6 is 0 Å². The van der Waals surface area contributed by atoms with Crippen LogP contribution in [-0.2, 0) is 14.3 Å². The predicted octanol–water partition coefficient (Wildman–Crippen LogP) is 3.46. The van der Waals surface area contributed by atoms with Gasteiger partial charge in [-0.05, 0) is 41.8 Å². The van der Waals surface area contributed by atoms with Gasteiger partial charge in [0.05, 0.1) is 0 Å². The van der Waals surface area contributed by atoms with Crippen molar-refractivity contribution in [3.63, 3.8) is 0 Å². The molecule has 2 unspecified atom stereocenters. The van der Waals surface area contributed by atoms with E-state index in [0.29, 0.717) is 0 Å². The second-order valence-corrected chi connectivity index (χ2v) is 10.3. The van der Waals surface area contributed by atoms with E-state index in [9.17, 15) is 19.5 Å². The lowest BCUT2D eigenvalue weighted by Gasteiger charge is -2.31. The molecule has 0 radical (unpaired) electrons. The highest BCUT2D eigenvalue weighted by atomic mass is 16.5. The molecule has 2 aromatic carbocycles. The molecule has 0 aromatic heterocycles. The van der Waals surface area contributed by atoms with Gasteiger partial charge in [-0.1, -0.05) is 69.3 Å². The summed E-state index contributed by atoms with van der Waals surface area (Å²) in [6, 6.07) is 14.6. The van der Waals surface area contributed by atoms with Gasteiger partial charge in [0.25, 0.3) is 0 Å². The number of alkyl carbamates (subject to hydrolysis) is 1. The van der Waals surface area contributed by atoms with Gasteiger partial charge in [-0.15, -0.1) is 0 Å². The van der Waals surface area contributed by atoms with Crippen LogP contribution in [0.5, 0.6) is 0 Å². The van der Waals surface area contributed by atoms with E-state index in [1.165, 1.54) is 0 Å². The van der Waals surface area contributed by atoms with E-state index < -0.39 is 35.5 Å². The minimum absolute atomic E-state index is 0.0631. The number of hydrogen-bond donors (Lipinski definition) is 3. The number of carbonyl (C=O) groups is 3. The van der Waals surface area contributed by atoms with Crippen LogP contribution in [0.15, 0.2) is 48.5 Å². The SMILES string of the molecule is CN(C)CC(NC(=O)CC(NC(=O)OCC1c2ccccc2-c2ccccc21)C(C)(C)C)C(=O)O. The Bertz CT molecular complexity index is 1030. The van der Waals surface area contributed by atoms with Crippen LogP contribution in [0.4, 0.5) is 4.79 Å². The van der Waals surface area contributed by atoms with E-state index in [4.69, 9.17) is 4.74 Å². The highest BCUT2D eigenvalue weighted by molar-refractivity contribution is 5.84. The Morgan fingerprint density at radius 3 is 2.00 bits per heavy atom. The summed E-state index contributed by atoms with van der Waals surface area (Å²) in [5, 5.41) is 14.8. The Morgan fingerprint density at radius 1 is 0.971 bits per heavy atom. The van der Waals surface area contributed by atoms with Crippen molar-refractivity contribution in [2.75, 3.05) is 27.2 Å². The summed E-state index contributed by atoms with van der Waals surface area (Å²) in [5.41, 5.74) is 4.07. The maximum atomic E-state index is 12.8. The van der Waals surface area contributed by atoms with E-state index >= 15 is 0 Å². The van der Waals surface area contributed by atoms with Crippen molar-refractivity contribution in [2.24, 2.45) is 5.41 Å². The quantitative estimate of drug-likeness (QED) is 0.506. The van der Waals surface area contributed by atoms with Crippen molar-refractivity contribution in [2.45, 2.75) is 45.2 Å². The van der Waals surface area contributed by atoms with E-state index in [1.807, 2.05) is 45.0 Å². The fraction of sp³-hybridized carbons (Fsp3) is 0.444. The van der Waals surface area contributed by atoms with Gasteiger partial charge in [0.2, 0.25) is 5.91 Å². The van der Waals surface area contributed by atoms with Crippen molar-refractivity contribution >= 4 is 18.0 Å². The number of ether oxygens (including phenoxy) is 1. The molecule has 0 saturated heterocycles. The Hall–Kier alpha value is -3.39. The van der Waals surface area contributed by atoms with E-state index in [2.05, 4.69) is 34.9 Å². The molecule has 8 heteroatoms. The number of amides is 2. The van der Waals surface area contributed by atoms with Gasteiger partial charge in [-0.25, -0.2) is 9.59 Å². The molecule has 3 rings (SSSR count). The zero-order valence-corrected chi connectivity index (χ0v) is 21.0. The van der Waals surface area contributed by atoms with Gasteiger partial charge in [-0.2, -0.15) is 0 Å². The van der Waals surface area contributed by atoms with Crippen molar-refractivity contribution < 1.29 is 24.2 Å². The van der Waals surface area contributed by atoms with Crippen LogP contribution in [0.2, 0.25) is 0 Å². The summed E-state index contributed by atoms with van der Waals surface area (Å²) in [4.78, 5) is 38.6. The number of likely N-dealkylation sites (N-methyl/N-ethyl adjacent to an activating group) is 1. The lowest BCUT2D eigenvalue weighted by Crippen LogP contribution is -2.51. The van der Waals surface area contributed by atoms with Crippen LogP contribution in [-0.4, -0.2) is 67.3 Å². The molecule has 8 nitrogen and oxygen atoms in total. The Kier molecular flexibility index (Phi) is 8.17. The number of carboxylic acid groups (broad SMARTS) is 1. The highest BCUT2D eigenvalue weighted by Crippen LogP contribution is 2.44. The molecule has 0 aliphatic heterocycles. The molecule has 0 fully saturated rings. The number of fused-ring (bicyclic) bond motifs is 3. The molecule has 0 bridgehead atoms. The smallest absolute Gasteiger partial charge is 0.407 e. The molecule has 0 spiro atoms. The minimum Gasteiger partial charge on any atom is -0.480 e. The molecule has 2 atom stereocenters. The second-order valence-electron chi connectivity index (χ2n) is 10.3. The van der Waals surface area contributed by atoms with Crippen LogP contribution in [0.1, 0.15) is 44.2 Å². The molecule has 0 heterocycles. The number of aliphatic carboxylic acids is 1. The van der Waals surface area contributed by atoms with Gasteiger partial charge in [0, 0.05) is 24.9 Å². The summed E-state index contributed by atoms with van der Waals surface area (Å²) in [6.45, 7) is 6.06. The zero-order valence-electron chi connectivity index (χ0n) is 21.0. The Labute approximate surface area is 206 Å². The first-order valence-electron chi connectivity index (χ1n) is 11.8. The third-order valence-electron chi connectivity index (χ3n) is 6.25. The number of benzene rings is 2. The summed E-state index contributed by atoms with van der Waals surface area (Å²) in [7, 11) is 3.47. The average Bonchev–Trinajstić information content (AvgIpc) is 3.09. The molecule has 3 N–H and O–H groups in total. The predicted molar refractivity (Wildman–Crippen MR) is 134 cm³/mol. The maximum absolute atomic E-state index is 12.8. The third kappa shape index (κ3) is 6.60. The number of rotatable bonds is 9. The summed E-state index contributed by atoms with van der Waals surface area (Å²) in [5.74, 6) is -1.62.